The molecular formula is C23H29BrN2O3S. The summed E-state index contributed by atoms with van der Waals surface area (Å²) in [4.78, 5) is 12.7. The van der Waals surface area contributed by atoms with Gasteiger partial charge in [0, 0.05) is 23.5 Å². The summed E-state index contributed by atoms with van der Waals surface area (Å²) in [6.45, 7) is 4.87. The van der Waals surface area contributed by atoms with Crippen LogP contribution in [0.2, 0.25) is 0 Å². The zero-order chi connectivity index (χ0) is 21.7. The van der Waals surface area contributed by atoms with Crippen LogP contribution in [0.15, 0.2) is 53.0 Å². The number of sulfonamides is 1. The molecule has 0 aliphatic carbocycles. The van der Waals surface area contributed by atoms with Crippen LogP contribution in [-0.2, 0) is 27.0 Å². The maximum Gasteiger partial charge on any atom is 0.223 e. The first kappa shape index (κ1) is 23.0. The van der Waals surface area contributed by atoms with Crippen LogP contribution in [0, 0.1) is 5.92 Å². The first-order valence-corrected chi connectivity index (χ1v) is 12.8. The van der Waals surface area contributed by atoms with Crippen molar-refractivity contribution in [2.75, 3.05) is 13.1 Å². The van der Waals surface area contributed by atoms with Gasteiger partial charge in [0.1, 0.15) is 0 Å². The monoisotopic (exact) mass is 492 g/mol. The number of nitrogens with zero attached hydrogens (tertiary/aromatic N) is 1. The van der Waals surface area contributed by atoms with E-state index in [1.807, 2.05) is 31.2 Å². The highest BCUT2D eigenvalue weighted by Crippen LogP contribution is 2.24. The zero-order valence-corrected chi connectivity index (χ0v) is 19.9. The molecule has 0 spiro atoms. The number of rotatable bonds is 7. The van der Waals surface area contributed by atoms with Crippen LogP contribution >= 0.6 is 15.9 Å². The lowest BCUT2D eigenvalue weighted by atomic mass is 9.96. The summed E-state index contributed by atoms with van der Waals surface area (Å²) in [6.07, 6.45) is 2.08. The van der Waals surface area contributed by atoms with E-state index >= 15 is 0 Å². The van der Waals surface area contributed by atoms with Crippen molar-refractivity contribution in [3.63, 3.8) is 0 Å². The number of carbonyl (C=O) groups is 1. The molecule has 1 aliphatic rings. The number of carbonyl (C=O) groups excluding carboxylic acids is 1. The molecule has 30 heavy (non-hydrogen) atoms. The third kappa shape index (κ3) is 5.93. The Morgan fingerprint density at radius 3 is 2.40 bits per heavy atom. The second-order valence-electron chi connectivity index (χ2n) is 7.88. The molecule has 0 bridgehead atoms. The molecule has 2 aromatic carbocycles. The number of hydrogen-bond donors (Lipinski definition) is 1. The Labute approximate surface area is 188 Å². The van der Waals surface area contributed by atoms with Crippen molar-refractivity contribution in [3.8, 4) is 0 Å². The van der Waals surface area contributed by atoms with Gasteiger partial charge in [0.05, 0.1) is 11.8 Å². The number of amides is 1. The standard InChI is InChI=1S/C23H29BrN2O3S/c1-3-18-7-9-20(10-8-18)17(2)25-23(27)21-11-13-26(14-12-21)30(28,29)16-19-5-4-6-22(24)15-19/h4-10,15,17,21H,3,11-14,16H2,1-2H3,(H,25,27)/t17-/m0/s1. The Bertz CT molecular complexity index is 968. The Hall–Kier alpha value is -1.70. The minimum absolute atomic E-state index is 0.00565. The van der Waals surface area contributed by atoms with Crippen molar-refractivity contribution in [2.45, 2.75) is 44.9 Å². The summed E-state index contributed by atoms with van der Waals surface area (Å²) in [5, 5.41) is 3.09. The molecule has 7 heteroatoms. The number of hydrogen-bond acceptors (Lipinski definition) is 3. The third-order valence-electron chi connectivity index (χ3n) is 5.70. The van der Waals surface area contributed by atoms with Gasteiger partial charge in [-0.2, -0.15) is 0 Å². The lowest BCUT2D eigenvalue weighted by molar-refractivity contribution is -0.126. The highest BCUT2D eigenvalue weighted by atomic mass is 79.9. The Kier molecular flexibility index (Phi) is 7.71. The molecule has 1 atom stereocenters. The van der Waals surface area contributed by atoms with E-state index in [1.165, 1.54) is 9.87 Å². The van der Waals surface area contributed by atoms with E-state index < -0.39 is 10.0 Å². The van der Waals surface area contributed by atoms with Crippen LogP contribution < -0.4 is 5.32 Å². The summed E-state index contributed by atoms with van der Waals surface area (Å²) in [6, 6.07) is 15.6. The molecule has 1 amide bonds. The van der Waals surface area contributed by atoms with E-state index in [-0.39, 0.29) is 23.6 Å². The highest BCUT2D eigenvalue weighted by molar-refractivity contribution is 9.10. The molecule has 1 heterocycles. The minimum atomic E-state index is -3.39. The summed E-state index contributed by atoms with van der Waals surface area (Å²) in [7, 11) is -3.39. The largest absolute Gasteiger partial charge is 0.349 e. The van der Waals surface area contributed by atoms with E-state index in [0.717, 1.165) is 22.0 Å². The van der Waals surface area contributed by atoms with E-state index in [9.17, 15) is 13.2 Å². The molecule has 0 radical (unpaired) electrons. The molecule has 0 saturated carbocycles. The molecule has 1 aliphatic heterocycles. The lowest BCUT2D eigenvalue weighted by Crippen LogP contribution is -2.43. The summed E-state index contributed by atoms with van der Waals surface area (Å²) in [5.74, 6) is -0.167. The van der Waals surface area contributed by atoms with Gasteiger partial charge < -0.3 is 5.32 Å². The van der Waals surface area contributed by atoms with Crippen LogP contribution in [0.5, 0.6) is 0 Å². The van der Waals surface area contributed by atoms with Crippen molar-refractivity contribution in [3.05, 3.63) is 69.7 Å². The fourth-order valence-corrected chi connectivity index (χ4v) is 5.78. The van der Waals surface area contributed by atoms with Crippen LogP contribution in [0.4, 0.5) is 0 Å². The Balaban J connectivity index is 1.53. The first-order valence-electron chi connectivity index (χ1n) is 10.4. The van der Waals surface area contributed by atoms with Crippen molar-refractivity contribution >= 4 is 31.9 Å². The van der Waals surface area contributed by atoms with Crippen molar-refractivity contribution in [2.24, 2.45) is 5.92 Å². The van der Waals surface area contributed by atoms with Gasteiger partial charge in [0.15, 0.2) is 0 Å². The predicted octanol–water partition coefficient (Wildman–Crippen LogP) is 4.43. The molecule has 2 aromatic rings. The second kappa shape index (κ2) is 10.1. The van der Waals surface area contributed by atoms with Gasteiger partial charge in [-0.3, -0.25) is 4.79 Å². The van der Waals surface area contributed by atoms with Gasteiger partial charge in [-0.25, -0.2) is 12.7 Å². The van der Waals surface area contributed by atoms with Crippen molar-refractivity contribution in [1.82, 2.24) is 9.62 Å². The quantitative estimate of drug-likeness (QED) is 0.621. The fraction of sp³-hybridized carbons (Fsp3) is 0.435. The molecule has 5 nitrogen and oxygen atoms in total. The molecule has 3 rings (SSSR count). The molecule has 0 aromatic heterocycles. The average molecular weight is 493 g/mol. The topological polar surface area (TPSA) is 66.5 Å². The summed E-state index contributed by atoms with van der Waals surface area (Å²) in [5.41, 5.74) is 3.11. The van der Waals surface area contributed by atoms with E-state index in [0.29, 0.717) is 25.9 Å². The first-order chi connectivity index (χ1) is 14.3. The highest BCUT2D eigenvalue weighted by Gasteiger charge is 2.31. The fourth-order valence-electron chi connectivity index (χ4n) is 3.78. The second-order valence-corrected chi connectivity index (χ2v) is 10.8. The minimum Gasteiger partial charge on any atom is -0.349 e. The molecular weight excluding hydrogens is 464 g/mol. The van der Waals surface area contributed by atoms with E-state index in [4.69, 9.17) is 0 Å². The average Bonchev–Trinajstić information content (AvgIpc) is 2.73. The van der Waals surface area contributed by atoms with Gasteiger partial charge in [0.25, 0.3) is 0 Å². The van der Waals surface area contributed by atoms with Gasteiger partial charge in [0.2, 0.25) is 15.9 Å². The van der Waals surface area contributed by atoms with Crippen molar-refractivity contribution < 1.29 is 13.2 Å². The molecule has 0 unspecified atom stereocenters. The van der Waals surface area contributed by atoms with E-state index in [1.54, 1.807) is 0 Å². The maximum absolute atomic E-state index is 12.8. The van der Waals surface area contributed by atoms with E-state index in [2.05, 4.69) is 52.4 Å². The molecule has 1 N–H and O–H groups in total. The van der Waals surface area contributed by atoms with Gasteiger partial charge >= 0.3 is 0 Å². The van der Waals surface area contributed by atoms with Gasteiger partial charge in [-0.05, 0) is 55.0 Å². The Morgan fingerprint density at radius 1 is 1.13 bits per heavy atom. The zero-order valence-electron chi connectivity index (χ0n) is 17.5. The van der Waals surface area contributed by atoms with Crippen LogP contribution in [0.3, 0.4) is 0 Å². The Morgan fingerprint density at radius 2 is 1.80 bits per heavy atom. The normalized spacial score (nSPS) is 16.9. The van der Waals surface area contributed by atoms with Crippen molar-refractivity contribution in [1.29, 1.82) is 0 Å². The summed E-state index contributed by atoms with van der Waals surface area (Å²) < 4.78 is 27.9. The number of aryl methyl sites for hydroxylation is 1. The van der Waals surface area contributed by atoms with Gasteiger partial charge in [-0.15, -0.1) is 0 Å². The predicted molar refractivity (Wildman–Crippen MR) is 123 cm³/mol. The lowest BCUT2D eigenvalue weighted by Gasteiger charge is -2.31. The molecule has 1 saturated heterocycles. The van der Waals surface area contributed by atoms with Crippen LogP contribution in [-0.4, -0.2) is 31.7 Å². The number of halogens is 1. The van der Waals surface area contributed by atoms with Crippen LogP contribution in [0.1, 0.15) is 49.4 Å². The smallest absolute Gasteiger partial charge is 0.223 e. The maximum atomic E-state index is 12.8. The molecule has 1 fully saturated rings. The number of piperidine rings is 1. The number of nitrogens with one attached hydrogen (secondary N) is 1. The van der Waals surface area contributed by atoms with Gasteiger partial charge in [-0.1, -0.05) is 59.3 Å². The SMILES string of the molecule is CCc1ccc([C@H](C)NC(=O)C2CCN(S(=O)(=O)Cc3cccc(Br)c3)CC2)cc1. The summed E-state index contributed by atoms with van der Waals surface area (Å²) >= 11 is 3.38. The number of benzene rings is 2. The molecule has 162 valence electrons. The third-order valence-corrected chi connectivity index (χ3v) is 8.05. The van der Waals surface area contributed by atoms with Crippen LogP contribution in [0.25, 0.3) is 0 Å².